The first-order chi connectivity index (χ1) is 9.48. The molecule has 0 aliphatic carbocycles. The van der Waals surface area contributed by atoms with E-state index in [1.165, 1.54) is 21.8 Å². The second-order valence-corrected chi connectivity index (χ2v) is 6.62. The molecule has 20 heavy (non-hydrogen) atoms. The molecule has 0 radical (unpaired) electrons. The van der Waals surface area contributed by atoms with Crippen LogP contribution in [0.2, 0.25) is 0 Å². The summed E-state index contributed by atoms with van der Waals surface area (Å²) in [6, 6.07) is 17.3. The number of hydrogen-bond acceptors (Lipinski definition) is 1. The maximum absolute atomic E-state index is 6.40. The first-order valence-corrected chi connectivity index (χ1v) is 7.20. The second kappa shape index (κ2) is 4.64. The Hall–Kier alpha value is -1.80. The van der Waals surface area contributed by atoms with Crippen LogP contribution in [0.4, 0.5) is 0 Å². The lowest BCUT2D eigenvalue weighted by Gasteiger charge is -2.28. The van der Waals surface area contributed by atoms with Crippen LogP contribution in [0.3, 0.4) is 0 Å². The fraction of sp³-hybridized carbons (Fsp3) is 0.333. The summed E-state index contributed by atoms with van der Waals surface area (Å²) in [5.74, 6) is 0. The smallest absolute Gasteiger partial charge is 0.0491 e. The van der Waals surface area contributed by atoms with Crippen molar-refractivity contribution in [1.82, 2.24) is 4.57 Å². The molecule has 104 valence electrons. The number of hydrogen-bond donors (Lipinski definition) is 1. The first-order valence-electron chi connectivity index (χ1n) is 7.20. The zero-order chi connectivity index (χ0) is 14.3. The van der Waals surface area contributed by atoms with E-state index < -0.39 is 0 Å². The molecule has 1 heterocycles. The van der Waals surface area contributed by atoms with Gasteiger partial charge in [-0.15, -0.1) is 0 Å². The standard InChI is InChI=1S/C18H22N2/c1-18(2,3)17(19)12-20-15-10-6-4-8-13(15)14-9-5-7-11-16(14)20/h4-11,17H,12,19H2,1-3H3. The summed E-state index contributed by atoms with van der Waals surface area (Å²) in [6.07, 6.45) is 0. The Bertz CT molecular complexity index is 694. The van der Waals surface area contributed by atoms with E-state index in [2.05, 4.69) is 73.9 Å². The van der Waals surface area contributed by atoms with Gasteiger partial charge in [0.2, 0.25) is 0 Å². The van der Waals surface area contributed by atoms with Crippen LogP contribution in [0.1, 0.15) is 20.8 Å². The highest BCUT2D eigenvalue weighted by Gasteiger charge is 2.22. The number of aromatic nitrogens is 1. The lowest BCUT2D eigenvalue weighted by Crippen LogP contribution is -2.38. The van der Waals surface area contributed by atoms with E-state index in [9.17, 15) is 0 Å². The van der Waals surface area contributed by atoms with Crippen molar-refractivity contribution in [3.05, 3.63) is 48.5 Å². The summed E-state index contributed by atoms with van der Waals surface area (Å²) in [5, 5.41) is 2.62. The topological polar surface area (TPSA) is 30.9 Å². The summed E-state index contributed by atoms with van der Waals surface area (Å²) in [6.45, 7) is 7.44. The minimum absolute atomic E-state index is 0.104. The third-order valence-corrected chi connectivity index (χ3v) is 4.17. The van der Waals surface area contributed by atoms with Gasteiger partial charge >= 0.3 is 0 Å². The molecule has 2 heteroatoms. The Balaban J connectivity index is 2.22. The molecule has 0 aliphatic heterocycles. The minimum Gasteiger partial charge on any atom is -0.339 e. The molecular formula is C18H22N2. The number of fused-ring (bicyclic) bond motifs is 3. The fourth-order valence-corrected chi connectivity index (χ4v) is 2.67. The van der Waals surface area contributed by atoms with Crippen LogP contribution in [0.5, 0.6) is 0 Å². The van der Waals surface area contributed by atoms with Gasteiger partial charge in [0.25, 0.3) is 0 Å². The van der Waals surface area contributed by atoms with Crippen molar-refractivity contribution in [2.75, 3.05) is 0 Å². The Labute approximate surface area is 120 Å². The summed E-state index contributed by atoms with van der Waals surface area (Å²) in [4.78, 5) is 0. The predicted molar refractivity (Wildman–Crippen MR) is 86.9 cm³/mol. The quantitative estimate of drug-likeness (QED) is 0.741. The maximum atomic E-state index is 6.40. The Morgan fingerprint density at radius 2 is 1.35 bits per heavy atom. The van der Waals surface area contributed by atoms with Gasteiger partial charge in [-0.2, -0.15) is 0 Å². The van der Waals surface area contributed by atoms with E-state index >= 15 is 0 Å². The molecule has 2 aromatic carbocycles. The van der Waals surface area contributed by atoms with Gasteiger partial charge in [-0.25, -0.2) is 0 Å². The molecule has 0 spiro atoms. The summed E-state index contributed by atoms with van der Waals surface area (Å²) in [5.41, 5.74) is 9.05. The normalized spacial score (nSPS) is 14.0. The maximum Gasteiger partial charge on any atom is 0.0491 e. The molecule has 1 unspecified atom stereocenters. The highest BCUT2D eigenvalue weighted by molar-refractivity contribution is 6.07. The molecule has 0 amide bonds. The highest BCUT2D eigenvalue weighted by Crippen LogP contribution is 2.30. The van der Waals surface area contributed by atoms with Gasteiger partial charge in [-0.3, -0.25) is 0 Å². The Morgan fingerprint density at radius 3 is 1.80 bits per heavy atom. The molecule has 1 atom stereocenters. The monoisotopic (exact) mass is 266 g/mol. The number of para-hydroxylation sites is 2. The molecule has 0 aliphatic rings. The molecule has 1 aromatic heterocycles. The number of nitrogens with two attached hydrogens (primary N) is 1. The molecule has 0 bridgehead atoms. The fourth-order valence-electron chi connectivity index (χ4n) is 2.67. The van der Waals surface area contributed by atoms with E-state index in [1.54, 1.807) is 0 Å². The van der Waals surface area contributed by atoms with E-state index in [-0.39, 0.29) is 11.5 Å². The van der Waals surface area contributed by atoms with Crippen LogP contribution in [0.25, 0.3) is 21.8 Å². The molecule has 0 saturated carbocycles. The molecule has 3 rings (SSSR count). The van der Waals surface area contributed by atoms with Crippen molar-refractivity contribution >= 4 is 21.8 Å². The minimum atomic E-state index is 0.104. The number of rotatable bonds is 2. The highest BCUT2D eigenvalue weighted by atomic mass is 15.0. The predicted octanol–water partition coefficient (Wildman–Crippen LogP) is 4.17. The van der Waals surface area contributed by atoms with Gasteiger partial charge in [0.15, 0.2) is 0 Å². The average molecular weight is 266 g/mol. The van der Waals surface area contributed by atoms with Crippen LogP contribution in [0, 0.1) is 5.41 Å². The molecule has 2 nitrogen and oxygen atoms in total. The molecule has 0 fully saturated rings. The lowest BCUT2D eigenvalue weighted by molar-refractivity contribution is 0.296. The van der Waals surface area contributed by atoms with Gasteiger partial charge in [-0.05, 0) is 17.5 Å². The average Bonchev–Trinajstić information content (AvgIpc) is 2.73. The van der Waals surface area contributed by atoms with Crippen LogP contribution in [-0.4, -0.2) is 10.6 Å². The lowest BCUT2D eigenvalue weighted by atomic mass is 9.87. The van der Waals surface area contributed by atoms with Gasteiger partial charge in [0.05, 0.1) is 0 Å². The summed E-state index contributed by atoms with van der Waals surface area (Å²) < 4.78 is 2.36. The van der Waals surface area contributed by atoms with E-state index in [0.717, 1.165) is 6.54 Å². The van der Waals surface area contributed by atoms with E-state index in [0.29, 0.717) is 0 Å². The van der Waals surface area contributed by atoms with Crippen LogP contribution in [0.15, 0.2) is 48.5 Å². The van der Waals surface area contributed by atoms with Crippen LogP contribution >= 0.6 is 0 Å². The largest absolute Gasteiger partial charge is 0.339 e. The zero-order valence-electron chi connectivity index (χ0n) is 12.4. The second-order valence-electron chi connectivity index (χ2n) is 6.62. The first kappa shape index (κ1) is 13.2. The van der Waals surface area contributed by atoms with Crippen LogP contribution < -0.4 is 5.73 Å². The molecule has 0 saturated heterocycles. The van der Waals surface area contributed by atoms with Crippen LogP contribution in [-0.2, 0) is 6.54 Å². The summed E-state index contributed by atoms with van der Waals surface area (Å²) >= 11 is 0. The SMILES string of the molecule is CC(C)(C)C(N)Cn1c2ccccc2c2ccccc21. The molecule has 3 aromatic rings. The van der Waals surface area contributed by atoms with Gasteiger partial charge in [-0.1, -0.05) is 57.2 Å². The third kappa shape index (κ3) is 2.10. The van der Waals surface area contributed by atoms with Gasteiger partial charge in [0, 0.05) is 34.4 Å². The van der Waals surface area contributed by atoms with Gasteiger partial charge in [0.1, 0.15) is 0 Å². The van der Waals surface area contributed by atoms with Crippen molar-refractivity contribution in [3.8, 4) is 0 Å². The van der Waals surface area contributed by atoms with E-state index in [4.69, 9.17) is 5.73 Å². The number of nitrogens with zero attached hydrogens (tertiary/aromatic N) is 1. The van der Waals surface area contributed by atoms with Crippen molar-refractivity contribution in [2.24, 2.45) is 11.1 Å². The Kier molecular flexibility index (Phi) is 3.06. The summed E-state index contributed by atoms with van der Waals surface area (Å²) in [7, 11) is 0. The van der Waals surface area contributed by atoms with Crippen molar-refractivity contribution < 1.29 is 0 Å². The number of benzene rings is 2. The zero-order valence-corrected chi connectivity index (χ0v) is 12.4. The van der Waals surface area contributed by atoms with Crippen molar-refractivity contribution in [2.45, 2.75) is 33.4 Å². The van der Waals surface area contributed by atoms with Crippen molar-refractivity contribution in [1.29, 1.82) is 0 Å². The molecular weight excluding hydrogens is 244 g/mol. The van der Waals surface area contributed by atoms with Gasteiger partial charge < -0.3 is 10.3 Å². The van der Waals surface area contributed by atoms with E-state index in [1.807, 2.05) is 0 Å². The third-order valence-electron chi connectivity index (χ3n) is 4.17. The van der Waals surface area contributed by atoms with Crippen molar-refractivity contribution in [3.63, 3.8) is 0 Å². The Morgan fingerprint density at radius 1 is 0.900 bits per heavy atom. The molecule has 2 N–H and O–H groups in total.